The molecular weight excluding hydrogens is 462 g/mol. The minimum atomic E-state index is -0.671. The van der Waals surface area contributed by atoms with E-state index < -0.39 is 6.10 Å². The second kappa shape index (κ2) is 10.2. The zero-order chi connectivity index (χ0) is 24.3. The van der Waals surface area contributed by atoms with Crippen LogP contribution in [0.4, 0.5) is 5.69 Å². The molecule has 1 atom stereocenters. The molecule has 0 saturated carbocycles. The van der Waals surface area contributed by atoms with Gasteiger partial charge in [-0.1, -0.05) is 17.7 Å². The molecule has 0 radical (unpaired) electrons. The van der Waals surface area contributed by atoms with Gasteiger partial charge in [-0.15, -0.1) is 0 Å². The van der Waals surface area contributed by atoms with Crippen molar-refractivity contribution in [3.8, 4) is 11.5 Å². The van der Waals surface area contributed by atoms with Gasteiger partial charge in [-0.2, -0.15) is 0 Å². The fraction of sp³-hybridized carbons (Fsp3) is 0.292. The monoisotopic (exact) mass is 487 g/mol. The van der Waals surface area contributed by atoms with Gasteiger partial charge >= 0.3 is 0 Å². The number of amides is 2. The van der Waals surface area contributed by atoms with Gasteiger partial charge < -0.3 is 19.7 Å². The molecule has 1 fully saturated rings. The Morgan fingerprint density at radius 2 is 1.97 bits per heavy atom. The molecule has 2 aromatic rings. The smallest absolute Gasteiger partial charge is 0.281 e. The molecule has 0 aromatic heterocycles. The van der Waals surface area contributed by atoms with Crippen molar-refractivity contribution in [3.05, 3.63) is 58.2 Å². The van der Waals surface area contributed by atoms with Crippen LogP contribution in [0.25, 0.3) is 6.08 Å². The fourth-order valence-electron chi connectivity index (χ4n) is 3.37. The molecule has 1 unspecified atom stereocenters. The van der Waals surface area contributed by atoms with Gasteiger partial charge in [0.1, 0.15) is 5.70 Å². The molecule has 33 heavy (non-hydrogen) atoms. The number of benzene rings is 2. The molecule has 0 spiro atoms. The summed E-state index contributed by atoms with van der Waals surface area (Å²) in [5.74, 6) is 0.495. The largest absolute Gasteiger partial charge is 0.490 e. The van der Waals surface area contributed by atoms with Crippen molar-refractivity contribution in [1.29, 1.82) is 0 Å². The molecule has 174 valence electrons. The van der Waals surface area contributed by atoms with Crippen molar-refractivity contribution < 1.29 is 19.1 Å². The number of halogens is 1. The Morgan fingerprint density at radius 3 is 2.61 bits per heavy atom. The van der Waals surface area contributed by atoms with E-state index in [1.807, 2.05) is 13.8 Å². The number of nitrogens with one attached hydrogen (secondary N) is 1. The quantitative estimate of drug-likeness (QED) is 0.467. The molecule has 9 heteroatoms. The summed E-state index contributed by atoms with van der Waals surface area (Å²) in [5, 5.41) is 3.86. The summed E-state index contributed by atoms with van der Waals surface area (Å²) in [6.45, 7) is 5.82. The number of hydrogen-bond acceptors (Lipinski definition) is 5. The van der Waals surface area contributed by atoms with Crippen molar-refractivity contribution in [2.45, 2.75) is 26.9 Å². The average Bonchev–Trinajstić information content (AvgIpc) is 3.02. The van der Waals surface area contributed by atoms with Gasteiger partial charge in [0.05, 0.1) is 12.3 Å². The van der Waals surface area contributed by atoms with E-state index in [-0.39, 0.29) is 16.9 Å². The number of aryl methyl sites for hydroxylation is 1. The van der Waals surface area contributed by atoms with Crippen LogP contribution < -0.4 is 19.7 Å². The molecule has 7 nitrogen and oxygen atoms in total. The Kier molecular flexibility index (Phi) is 7.61. The SMILES string of the molecule is CCOc1cc(/C=C2\NC(=S)N(c3ccc(Cl)cc3C)C2=O)ccc1OC(C)C(=O)N(C)C. The lowest BCUT2D eigenvalue weighted by atomic mass is 10.1. The summed E-state index contributed by atoms with van der Waals surface area (Å²) in [6, 6.07) is 10.5. The molecule has 1 saturated heterocycles. The number of nitrogens with zero attached hydrogens (tertiary/aromatic N) is 2. The lowest BCUT2D eigenvalue weighted by molar-refractivity contribution is -0.135. The van der Waals surface area contributed by atoms with Crippen LogP contribution in [0.1, 0.15) is 25.0 Å². The first kappa shape index (κ1) is 24.5. The van der Waals surface area contributed by atoms with Gasteiger partial charge in [-0.25, -0.2) is 0 Å². The first-order valence-corrected chi connectivity index (χ1v) is 11.2. The Morgan fingerprint density at radius 1 is 1.24 bits per heavy atom. The molecule has 2 amide bonds. The van der Waals surface area contributed by atoms with Crippen LogP contribution in [-0.2, 0) is 9.59 Å². The van der Waals surface area contributed by atoms with Crippen LogP contribution >= 0.6 is 23.8 Å². The maximum Gasteiger partial charge on any atom is 0.281 e. The number of ether oxygens (including phenoxy) is 2. The van der Waals surface area contributed by atoms with E-state index in [2.05, 4.69) is 5.32 Å². The predicted octanol–water partition coefficient (Wildman–Crippen LogP) is 4.16. The third-order valence-corrected chi connectivity index (χ3v) is 5.47. The number of hydrogen-bond donors (Lipinski definition) is 1. The van der Waals surface area contributed by atoms with Crippen molar-refractivity contribution in [2.75, 3.05) is 25.6 Å². The molecule has 1 aliphatic heterocycles. The average molecular weight is 488 g/mol. The second-order valence-corrected chi connectivity index (χ2v) is 8.51. The van der Waals surface area contributed by atoms with Gasteiger partial charge in [-0.3, -0.25) is 14.5 Å². The first-order valence-electron chi connectivity index (χ1n) is 10.4. The minimum Gasteiger partial charge on any atom is -0.490 e. The van der Waals surface area contributed by atoms with Gasteiger partial charge in [0.15, 0.2) is 22.7 Å². The number of rotatable bonds is 7. The molecule has 3 rings (SSSR count). The van der Waals surface area contributed by atoms with Crippen LogP contribution in [0.15, 0.2) is 42.1 Å². The van der Waals surface area contributed by atoms with Crippen molar-refractivity contribution >= 4 is 52.5 Å². The van der Waals surface area contributed by atoms with Crippen LogP contribution in [0.5, 0.6) is 11.5 Å². The highest BCUT2D eigenvalue weighted by Crippen LogP contribution is 2.32. The molecule has 1 aliphatic rings. The third kappa shape index (κ3) is 5.46. The number of thiocarbonyl (C=S) groups is 1. The number of carbonyl (C=O) groups is 2. The second-order valence-electron chi connectivity index (χ2n) is 7.69. The van der Waals surface area contributed by atoms with Gasteiger partial charge in [0, 0.05) is 19.1 Å². The first-order chi connectivity index (χ1) is 15.6. The van der Waals surface area contributed by atoms with E-state index in [9.17, 15) is 9.59 Å². The standard InChI is InChI=1S/C24H26ClN3O4S/c1-6-31-21-13-16(7-10-20(21)32-15(3)22(29)27(4)5)12-18-23(30)28(24(33)26-18)19-9-8-17(25)11-14(19)2/h7-13,15H,6H2,1-5H3,(H,26,33)/b18-12-. The van der Waals surface area contributed by atoms with E-state index in [0.29, 0.717) is 40.1 Å². The summed E-state index contributed by atoms with van der Waals surface area (Å²) in [7, 11) is 3.34. The van der Waals surface area contributed by atoms with E-state index >= 15 is 0 Å². The highest BCUT2D eigenvalue weighted by atomic mass is 35.5. The summed E-state index contributed by atoms with van der Waals surface area (Å²) >= 11 is 11.4. The zero-order valence-electron chi connectivity index (χ0n) is 19.1. The maximum atomic E-state index is 13.1. The molecule has 0 aliphatic carbocycles. The minimum absolute atomic E-state index is 0.157. The molecule has 1 N–H and O–H groups in total. The van der Waals surface area contributed by atoms with Crippen LogP contribution in [0.2, 0.25) is 5.02 Å². The van der Waals surface area contributed by atoms with Crippen LogP contribution in [0, 0.1) is 6.92 Å². The fourth-order valence-corrected chi connectivity index (χ4v) is 3.89. The van der Waals surface area contributed by atoms with Gasteiger partial charge in [-0.05, 0) is 80.5 Å². The van der Waals surface area contributed by atoms with Crippen LogP contribution in [0.3, 0.4) is 0 Å². The summed E-state index contributed by atoms with van der Waals surface area (Å²) in [5.41, 5.74) is 2.55. The molecule has 2 aromatic carbocycles. The van der Waals surface area contributed by atoms with E-state index in [1.54, 1.807) is 63.5 Å². The van der Waals surface area contributed by atoms with Crippen molar-refractivity contribution in [1.82, 2.24) is 10.2 Å². The summed E-state index contributed by atoms with van der Waals surface area (Å²) in [6.07, 6.45) is 1.02. The predicted molar refractivity (Wildman–Crippen MR) is 134 cm³/mol. The van der Waals surface area contributed by atoms with E-state index in [0.717, 1.165) is 5.56 Å². The van der Waals surface area contributed by atoms with E-state index in [4.69, 9.17) is 33.3 Å². The maximum absolute atomic E-state index is 13.1. The topological polar surface area (TPSA) is 71.1 Å². The Labute approximate surface area is 203 Å². The lowest BCUT2D eigenvalue weighted by Crippen LogP contribution is -2.35. The molecule has 0 bridgehead atoms. The highest BCUT2D eigenvalue weighted by molar-refractivity contribution is 7.80. The summed E-state index contributed by atoms with van der Waals surface area (Å²) in [4.78, 5) is 28.2. The highest BCUT2D eigenvalue weighted by Gasteiger charge is 2.33. The van der Waals surface area contributed by atoms with Crippen LogP contribution in [-0.4, -0.2) is 48.6 Å². The molecular formula is C24H26ClN3O4S. The summed E-state index contributed by atoms with van der Waals surface area (Å²) < 4.78 is 11.5. The number of likely N-dealkylation sites (N-methyl/N-ethyl adjacent to an activating group) is 1. The van der Waals surface area contributed by atoms with Gasteiger partial charge in [0.25, 0.3) is 11.8 Å². The van der Waals surface area contributed by atoms with Crippen molar-refractivity contribution in [3.63, 3.8) is 0 Å². The van der Waals surface area contributed by atoms with Crippen molar-refractivity contribution in [2.24, 2.45) is 0 Å². The molecule has 1 heterocycles. The Balaban J connectivity index is 1.88. The lowest BCUT2D eigenvalue weighted by Gasteiger charge is -2.20. The third-order valence-electron chi connectivity index (χ3n) is 4.95. The Bertz CT molecular complexity index is 1130. The normalized spacial score (nSPS) is 15.5. The van der Waals surface area contributed by atoms with Gasteiger partial charge in [0.2, 0.25) is 0 Å². The number of carbonyl (C=O) groups excluding carboxylic acids is 2. The zero-order valence-corrected chi connectivity index (χ0v) is 20.7. The Hall–Kier alpha value is -3.10. The van der Waals surface area contributed by atoms with E-state index in [1.165, 1.54) is 9.80 Å². The number of anilines is 1.